The van der Waals surface area contributed by atoms with Gasteiger partial charge in [-0.15, -0.1) is 0 Å². The molecule has 1 N–H and O–H groups in total. The molecule has 1 aliphatic rings. The fourth-order valence-corrected chi connectivity index (χ4v) is 2.65. The van der Waals surface area contributed by atoms with Crippen LogP contribution in [0.25, 0.3) is 0 Å². The number of nitrogens with zero attached hydrogens (tertiary/aromatic N) is 1. The predicted octanol–water partition coefficient (Wildman–Crippen LogP) is 3.72. The average Bonchev–Trinajstić information content (AvgIpc) is 2.50. The zero-order chi connectivity index (χ0) is 14.2. The average molecular weight is 274 g/mol. The minimum absolute atomic E-state index is 0.353. The molecule has 1 aromatic carbocycles. The number of hydrogen-bond donors (Lipinski definition) is 1. The van der Waals surface area contributed by atoms with E-state index in [1.54, 1.807) is 6.92 Å². The number of carbonyl (C=O) groups is 1. The van der Waals surface area contributed by atoms with Crippen molar-refractivity contribution in [2.75, 3.05) is 6.61 Å². The Bertz CT molecular complexity index is 451. The van der Waals surface area contributed by atoms with Crippen molar-refractivity contribution in [1.82, 2.24) is 5.43 Å². The zero-order valence-corrected chi connectivity index (χ0v) is 12.0. The molecule has 0 aliphatic heterocycles. The Kier molecular flexibility index (Phi) is 5.59. The van der Waals surface area contributed by atoms with Crippen molar-refractivity contribution in [3.05, 3.63) is 35.9 Å². The lowest BCUT2D eigenvalue weighted by Crippen LogP contribution is -2.25. The van der Waals surface area contributed by atoms with E-state index in [-0.39, 0.29) is 0 Å². The number of nitrogens with one attached hydrogen (secondary N) is 1. The highest BCUT2D eigenvalue weighted by atomic mass is 16.5. The molecular formula is C16H22N2O2. The van der Waals surface area contributed by atoms with E-state index in [0.717, 1.165) is 24.1 Å². The van der Waals surface area contributed by atoms with Gasteiger partial charge in [-0.1, -0.05) is 49.6 Å². The summed E-state index contributed by atoms with van der Waals surface area (Å²) in [7, 11) is 0. The Balaban J connectivity index is 2.15. The minimum atomic E-state index is -0.489. The molecule has 0 radical (unpaired) electrons. The highest BCUT2D eigenvalue weighted by molar-refractivity contribution is 6.02. The van der Waals surface area contributed by atoms with E-state index in [4.69, 9.17) is 4.74 Å². The SMILES string of the molecule is CCOC(=O)N/N=C(/c1ccccc1)C1CCCCC1. The predicted molar refractivity (Wildman–Crippen MR) is 79.7 cm³/mol. The van der Waals surface area contributed by atoms with Gasteiger partial charge in [0.1, 0.15) is 0 Å². The number of carbonyl (C=O) groups excluding carboxylic acids is 1. The summed E-state index contributed by atoms with van der Waals surface area (Å²) >= 11 is 0. The van der Waals surface area contributed by atoms with Gasteiger partial charge in [-0.2, -0.15) is 5.10 Å². The molecule has 0 unspecified atom stereocenters. The largest absolute Gasteiger partial charge is 0.449 e. The molecule has 108 valence electrons. The van der Waals surface area contributed by atoms with E-state index in [0.29, 0.717) is 12.5 Å². The summed E-state index contributed by atoms with van der Waals surface area (Å²) < 4.78 is 4.86. The first kappa shape index (κ1) is 14.6. The Hall–Kier alpha value is -1.84. The molecule has 2 rings (SSSR count). The van der Waals surface area contributed by atoms with Crippen LogP contribution in [-0.2, 0) is 4.74 Å². The number of hydrogen-bond acceptors (Lipinski definition) is 3. The van der Waals surface area contributed by atoms with Crippen molar-refractivity contribution in [2.24, 2.45) is 11.0 Å². The molecule has 0 aromatic heterocycles. The smallest absolute Gasteiger partial charge is 0.427 e. The van der Waals surface area contributed by atoms with Crippen molar-refractivity contribution >= 4 is 11.8 Å². The standard InChI is InChI=1S/C16H22N2O2/c1-2-20-16(19)18-17-15(13-9-5-3-6-10-13)14-11-7-4-8-12-14/h3,5-6,9-10,14H,2,4,7-8,11-12H2,1H3,(H,18,19)/b17-15-. The molecule has 0 spiro atoms. The summed E-state index contributed by atoms with van der Waals surface area (Å²) in [6.07, 6.45) is 5.54. The summed E-state index contributed by atoms with van der Waals surface area (Å²) in [5, 5.41) is 4.33. The summed E-state index contributed by atoms with van der Waals surface area (Å²) in [5.41, 5.74) is 4.56. The topological polar surface area (TPSA) is 50.7 Å². The Labute approximate surface area is 120 Å². The third-order valence-electron chi connectivity index (χ3n) is 3.60. The van der Waals surface area contributed by atoms with Gasteiger partial charge in [-0.3, -0.25) is 0 Å². The van der Waals surface area contributed by atoms with Gasteiger partial charge in [-0.05, 0) is 25.3 Å². The lowest BCUT2D eigenvalue weighted by Gasteiger charge is -2.23. The molecule has 1 aromatic rings. The molecular weight excluding hydrogens is 252 g/mol. The highest BCUT2D eigenvalue weighted by Crippen LogP contribution is 2.27. The van der Waals surface area contributed by atoms with Crippen LogP contribution < -0.4 is 5.43 Å². The summed E-state index contributed by atoms with van der Waals surface area (Å²) in [5.74, 6) is 0.424. The lowest BCUT2D eigenvalue weighted by atomic mass is 9.83. The summed E-state index contributed by atoms with van der Waals surface area (Å²) in [6.45, 7) is 2.13. The second-order valence-corrected chi connectivity index (χ2v) is 5.03. The molecule has 0 saturated heterocycles. The van der Waals surface area contributed by atoms with E-state index in [1.807, 2.05) is 30.3 Å². The van der Waals surface area contributed by atoms with Gasteiger partial charge in [-0.25, -0.2) is 10.2 Å². The van der Waals surface area contributed by atoms with E-state index in [2.05, 4.69) is 10.5 Å². The third-order valence-corrected chi connectivity index (χ3v) is 3.60. The van der Waals surface area contributed by atoms with Crippen LogP contribution in [0.3, 0.4) is 0 Å². The number of rotatable bonds is 4. The van der Waals surface area contributed by atoms with Gasteiger partial charge < -0.3 is 4.74 Å². The van der Waals surface area contributed by atoms with Crippen molar-refractivity contribution in [2.45, 2.75) is 39.0 Å². The number of hydrazone groups is 1. The van der Waals surface area contributed by atoms with Gasteiger partial charge in [0.05, 0.1) is 12.3 Å². The fraction of sp³-hybridized carbons (Fsp3) is 0.500. The first-order chi connectivity index (χ1) is 9.81. The monoisotopic (exact) mass is 274 g/mol. The molecule has 4 nitrogen and oxygen atoms in total. The van der Waals surface area contributed by atoms with Crippen LogP contribution >= 0.6 is 0 Å². The highest BCUT2D eigenvalue weighted by Gasteiger charge is 2.21. The van der Waals surface area contributed by atoms with Crippen LogP contribution in [0.5, 0.6) is 0 Å². The van der Waals surface area contributed by atoms with Crippen LogP contribution in [0.4, 0.5) is 4.79 Å². The van der Waals surface area contributed by atoms with Crippen molar-refractivity contribution in [3.8, 4) is 0 Å². The molecule has 0 bridgehead atoms. The van der Waals surface area contributed by atoms with Gasteiger partial charge >= 0.3 is 6.09 Å². The quantitative estimate of drug-likeness (QED) is 0.672. The summed E-state index contributed by atoms with van der Waals surface area (Å²) in [4.78, 5) is 11.4. The first-order valence-corrected chi connectivity index (χ1v) is 7.37. The number of ether oxygens (including phenoxy) is 1. The molecule has 1 saturated carbocycles. The second-order valence-electron chi connectivity index (χ2n) is 5.03. The van der Waals surface area contributed by atoms with Gasteiger partial charge in [0.15, 0.2) is 0 Å². The lowest BCUT2D eigenvalue weighted by molar-refractivity contribution is 0.152. The van der Waals surface area contributed by atoms with E-state index < -0.39 is 6.09 Å². The zero-order valence-electron chi connectivity index (χ0n) is 12.0. The Morgan fingerprint density at radius 3 is 2.60 bits per heavy atom. The van der Waals surface area contributed by atoms with Crippen LogP contribution in [0, 0.1) is 5.92 Å². The molecule has 1 aliphatic carbocycles. The van der Waals surface area contributed by atoms with Crippen LogP contribution in [0.15, 0.2) is 35.4 Å². The van der Waals surface area contributed by atoms with Crippen molar-refractivity contribution < 1.29 is 9.53 Å². The Morgan fingerprint density at radius 1 is 1.25 bits per heavy atom. The molecule has 20 heavy (non-hydrogen) atoms. The second kappa shape index (κ2) is 7.68. The maximum atomic E-state index is 11.4. The van der Waals surface area contributed by atoms with Crippen LogP contribution in [0.1, 0.15) is 44.6 Å². The van der Waals surface area contributed by atoms with Crippen LogP contribution in [0.2, 0.25) is 0 Å². The molecule has 0 atom stereocenters. The van der Waals surface area contributed by atoms with Gasteiger partial charge in [0, 0.05) is 5.92 Å². The number of benzene rings is 1. The van der Waals surface area contributed by atoms with E-state index in [1.165, 1.54) is 19.3 Å². The molecule has 4 heteroatoms. The maximum Gasteiger partial charge on any atom is 0.427 e. The normalized spacial score (nSPS) is 16.8. The van der Waals surface area contributed by atoms with Crippen LogP contribution in [-0.4, -0.2) is 18.4 Å². The first-order valence-electron chi connectivity index (χ1n) is 7.37. The van der Waals surface area contributed by atoms with Crippen molar-refractivity contribution in [3.63, 3.8) is 0 Å². The van der Waals surface area contributed by atoms with E-state index in [9.17, 15) is 4.79 Å². The fourth-order valence-electron chi connectivity index (χ4n) is 2.65. The molecule has 1 amide bonds. The minimum Gasteiger partial charge on any atom is -0.449 e. The molecule has 0 heterocycles. The van der Waals surface area contributed by atoms with Crippen molar-refractivity contribution in [1.29, 1.82) is 0 Å². The van der Waals surface area contributed by atoms with E-state index >= 15 is 0 Å². The molecule has 1 fully saturated rings. The number of amides is 1. The maximum absolute atomic E-state index is 11.4. The summed E-state index contributed by atoms with van der Waals surface area (Å²) in [6, 6.07) is 10.1. The van der Waals surface area contributed by atoms with Gasteiger partial charge in [0.2, 0.25) is 0 Å². The Morgan fingerprint density at radius 2 is 1.95 bits per heavy atom. The van der Waals surface area contributed by atoms with Gasteiger partial charge in [0.25, 0.3) is 0 Å². The third kappa shape index (κ3) is 4.08.